The Labute approximate surface area is 160 Å². The summed E-state index contributed by atoms with van der Waals surface area (Å²) < 4.78 is 5.95. The molecule has 2 aromatic rings. The van der Waals surface area contributed by atoms with Gasteiger partial charge in [0.1, 0.15) is 5.75 Å². The first kappa shape index (κ1) is 19.0. The van der Waals surface area contributed by atoms with E-state index in [-0.39, 0.29) is 17.9 Å². The molecule has 3 rings (SSSR count). The van der Waals surface area contributed by atoms with E-state index >= 15 is 0 Å². The molecule has 0 saturated heterocycles. The first-order valence-electron chi connectivity index (χ1n) is 9.41. The van der Waals surface area contributed by atoms with Crippen LogP contribution in [-0.2, 0) is 22.6 Å². The fraction of sp³-hybridized carbons (Fsp3) is 0.364. The zero-order valence-electron chi connectivity index (χ0n) is 16.1. The molecule has 142 valence electrons. The van der Waals surface area contributed by atoms with Gasteiger partial charge in [0.15, 0.2) is 6.10 Å². The van der Waals surface area contributed by atoms with Crippen molar-refractivity contribution in [3.63, 3.8) is 0 Å². The van der Waals surface area contributed by atoms with Crippen LogP contribution in [0.3, 0.4) is 0 Å². The van der Waals surface area contributed by atoms with Crippen molar-refractivity contribution >= 4 is 17.5 Å². The molecule has 0 radical (unpaired) electrons. The largest absolute Gasteiger partial charge is 0.480 e. The smallest absolute Gasteiger partial charge is 0.264 e. The SMILES string of the molecule is CCC1Oc2ccc(NC(=O)Cc3ccccc3)cc2CN(C(C)C)C1=O. The predicted octanol–water partition coefficient (Wildman–Crippen LogP) is 3.78. The van der Waals surface area contributed by atoms with Crippen molar-refractivity contribution in [2.45, 2.75) is 52.3 Å². The summed E-state index contributed by atoms with van der Waals surface area (Å²) in [7, 11) is 0. The van der Waals surface area contributed by atoms with E-state index < -0.39 is 6.10 Å². The van der Waals surface area contributed by atoms with Crippen molar-refractivity contribution in [3.05, 3.63) is 59.7 Å². The minimum atomic E-state index is -0.466. The maximum Gasteiger partial charge on any atom is 0.264 e. The van der Waals surface area contributed by atoms with Crippen LogP contribution in [0.5, 0.6) is 5.75 Å². The van der Waals surface area contributed by atoms with Crippen molar-refractivity contribution in [2.24, 2.45) is 0 Å². The summed E-state index contributed by atoms with van der Waals surface area (Å²) in [6.45, 7) is 6.43. The van der Waals surface area contributed by atoms with Gasteiger partial charge in [-0.2, -0.15) is 0 Å². The van der Waals surface area contributed by atoms with Crippen molar-refractivity contribution in [2.75, 3.05) is 5.32 Å². The van der Waals surface area contributed by atoms with Crippen LogP contribution in [0.2, 0.25) is 0 Å². The van der Waals surface area contributed by atoms with E-state index in [0.29, 0.717) is 30.8 Å². The highest BCUT2D eigenvalue weighted by atomic mass is 16.5. The summed E-state index contributed by atoms with van der Waals surface area (Å²) in [5.41, 5.74) is 2.59. The van der Waals surface area contributed by atoms with E-state index in [0.717, 1.165) is 11.1 Å². The van der Waals surface area contributed by atoms with Crippen molar-refractivity contribution in [1.29, 1.82) is 0 Å². The van der Waals surface area contributed by atoms with Crippen LogP contribution in [0.25, 0.3) is 0 Å². The fourth-order valence-corrected chi connectivity index (χ4v) is 3.23. The number of nitrogens with zero attached hydrogens (tertiary/aromatic N) is 1. The first-order chi connectivity index (χ1) is 13.0. The molecule has 0 aliphatic carbocycles. The van der Waals surface area contributed by atoms with E-state index in [9.17, 15) is 9.59 Å². The molecule has 1 aliphatic rings. The van der Waals surface area contributed by atoms with Crippen molar-refractivity contribution < 1.29 is 14.3 Å². The Morgan fingerprint density at radius 2 is 1.96 bits per heavy atom. The van der Waals surface area contributed by atoms with E-state index in [1.165, 1.54) is 0 Å². The van der Waals surface area contributed by atoms with Crippen LogP contribution < -0.4 is 10.1 Å². The van der Waals surface area contributed by atoms with Gasteiger partial charge in [0, 0.05) is 23.8 Å². The maximum absolute atomic E-state index is 12.7. The van der Waals surface area contributed by atoms with Crippen LogP contribution in [-0.4, -0.2) is 28.9 Å². The van der Waals surface area contributed by atoms with Gasteiger partial charge in [0.25, 0.3) is 5.91 Å². The van der Waals surface area contributed by atoms with Gasteiger partial charge in [-0.25, -0.2) is 0 Å². The molecule has 0 fully saturated rings. The molecule has 0 spiro atoms. The van der Waals surface area contributed by atoms with Gasteiger partial charge in [0.2, 0.25) is 5.91 Å². The van der Waals surface area contributed by atoms with Gasteiger partial charge < -0.3 is 15.0 Å². The third-order valence-electron chi connectivity index (χ3n) is 4.71. The number of ether oxygens (including phenoxy) is 1. The van der Waals surface area contributed by atoms with E-state index in [4.69, 9.17) is 4.74 Å². The number of carbonyl (C=O) groups is 2. The summed E-state index contributed by atoms with van der Waals surface area (Å²) in [6.07, 6.45) is 0.479. The molecule has 1 N–H and O–H groups in total. The first-order valence-corrected chi connectivity index (χ1v) is 9.41. The molecule has 0 aromatic heterocycles. The molecule has 1 unspecified atom stereocenters. The van der Waals surface area contributed by atoms with Crippen LogP contribution in [0, 0.1) is 0 Å². The maximum atomic E-state index is 12.7. The zero-order valence-corrected chi connectivity index (χ0v) is 16.1. The van der Waals surface area contributed by atoms with E-state index in [2.05, 4.69) is 5.32 Å². The number of carbonyl (C=O) groups excluding carboxylic acids is 2. The second-order valence-corrected chi connectivity index (χ2v) is 7.11. The Kier molecular flexibility index (Phi) is 5.79. The monoisotopic (exact) mass is 366 g/mol. The summed E-state index contributed by atoms with van der Waals surface area (Å²) >= 11 is 0. The average Bonchev–Trinajstić information content (AvgIpc) is 2.79. The van der Waals surface area contributed by atoms with Gasteiger partial charge in [0.05, 0.1) is 6.42 Å². The normalized spacial score (nSPS) is 16.5. The summed E-state index contributed by atoms with van der Waals surface area (Å²) in [6, 6.07) is 15.3. The number of hydrogen-bond donors (Lipinski definition) is 1. The predicted molar refractivity (Wildman–Crippen MR) is 106 cm³/mol. The number of fused-ring (bicyclic) bond motifs is 1. The Bertz CT molecular complexity index is 818. The van der Waals surface area contributed by atoms with Gasteiger partial charge >= 0.3 is 0 Å². The molecular weight excluding hydrogens is 340 g/mol. The third-order valence-corrected chi connectivity index (χ3v) is 4.71. The number of anilines is 1. The van der Waals surface area contributed by atoms with Crippen molar-refractivity contribution in [3.8, 4) is 5.75 Å². The quantitative estimate of drug-likeness (QED) is 0.876. The number of amides is 2. The highest BCUT2D eigenvalue weighted by Crippen LogP contribution is 2.30. The van der Waals surface area contributed by atoms with Gasteiger partial charge in [-0.15, -0.1) is 0 Å². The third kappa shape index (κ3) is 4.48. The standard InChI is InChI=1S/C22H26N2O3/c1-4-19-22(26)24(15(2)3)14-17-13-18(10-11-20(17)27-19)23-21(25)12-16-8-6-5-7-9-16/h5-11,13,15,19H,4,12,14H2,1-3H3,(H,23,25). The number of hydrogen-bond acceptors (Lipinski definition) is 3. The Morgan fingerprint density at radius 1 is 1.22 bits per heavy atom. The molecule has 5 nitrogen and oxygen atoms in total. The number of nitrogens with one attached hydrogen (secondary N) is 1. The van der Waals surface area contributed by atoms with Crippen LogP contribution in [0.4, 0.5) is 5.69 Å². The molecule has 1 aliphatic heterocycles. The highest BCUT2D eigenvalue weighted by Gasteiger charge is 2.31. The molecule has 1 atom stereocenters. The molecular formula is C22H26N2O3. The van der Waals surface area contributed by atoms with Gasteiger partial charge in [-0.05, 0) is 44.0 Å². The molecule has 0 bridgehead atoms. The van der Waals surface area contributed by atoms with Crippen molar-refractivity contribution in [1.82, 2.24) is 4.90 Å². The summed E-state index contributed by atoms with van der Waals surface area (Å²) in [4.78, 5) is 26.8. The topological polar surface area (TPSA) is 58.6 Å². The second-order valence-electron chi connectivity index (χ2n) is 7.11. The summed E-state index contributed by atoms with van der Waals surface area (Å²) in [5.74, 6) is 0.650. The minimum Gasteiger partial charge on any atom is -0.480 e. The molecule has 27 heavy (non-hydrogen) atoms. The van der Waals surface area contributed by atoms with Crippen LogP contribution >= 0.6 is 0 Å². The lowest BCUT2D eigenvalue weighted by Gasteiger charge is -2.27. The lowest BCUT2D eigenvalue weighted by molar-refractivity contribution is -0.140. The van der Waals surface area contributed by atoms with E-state index in [1.54, 1.807) is 0 Å². The van der Waals surface area contributed by atoms with Crippen LogP contribution in [0.1, 0.15) is 38.3 Å². The Hall–Kier alpha value is -2.82. The Morgan fingerprint density at radius 3 is 2.63 bits per heavy atom. The average molecular weight is 366 g/mol. The van der Waals surface area contributed by atoms with Crippen LogP contribution in [0.15, 0.2) is 48.5 Å². The lowest BCUT2D eigenvalue weighted by Crippen LogP contribution is -2.42. The van der Waals surface area contributed by atoms with E-state index in [1.807, 2.05) is 74.2 Å². The lowest BCUT2D eigenvalue weighted by atomic mass is 10.1. The number of benzene rings is 2. The molecule has 2 amide bonds. The summed E-state index contributed by atoms with van der Waals surface area (Å²) in [5, 5.41) is 2.94. The fourth-order valence-electron chi connectivity index (χ4n) is 3.23. The minimum absolute atomic E-state index is 0.0124. The van der Waals surface area contributed by atoms with Gasteiger partial charge in [-0.1, -0.05) is 37.3 Å². The molecule has 0 saturated carbocycles. The highest BCUT2D eigenvalue weighted by molar-refractivity contribution is 5.92. The Balaban J connectivity index is 1.78. The molecule has 2 aromatic carbocycles. The molecule has 5 heteroatoms. The number of rotatable bonds is 5. The molecule has 1 heterocycles. The zero-order chi connectivity index (χ0) is 19.4. The van der Waals surface area contributed by atoms with Gasteiger partial charge in [-0.3, -0.25) is 9.59 Å². The second kappa shape index (κ2) is 8.25.